The fraction of sp³-hybridized carbons (Fsp3) is 0.111. The molecule has 2 heterocycles. The maximum atomic E-state index is 12.3. The zero-order valence-corrected chi connectivity index (χ0v) is 14.1. The van der Waals surface area contributed by atoms with Crippen molar-refractivity contribution in [2.75, 3.05) is 0 Å². The molecule has 0 radical (unpaired) electrons. The van der Waals surface area contributed by atoms with E-state index >= 15 is 0 Å². The molecule has 2 aromatic rings. The van der Waals surface area contributed by atoms with Crippen LogP contribution in [0.5, 0.6) is 0 Å². The maximum absolute atomic E-state index is 12.3. The van der Waals surface area contributed by atoms with Crippen molar-refractivity contribution in [1.82, 2.24) is 21.3 Å². The normalized spacial score (nSPS) is 25.1. The van der Waals surface area contributed by atoms with Crippen molar-refractivity contribution >= 4 is 24.0 Å². The van der Waals surface area contributed by atoms with Gasteiger partial charge in [-0.25, -0.2) is 19.2 Å². The van der Waals surface area contributed by atoms with E-state index in [2.05, 4.69) is 21.3 Å². The van der Waals surface area contributed by atoms with E-state index in [0.29, 0.717) is 11.1 Å². The third-order valence-corrected chi connectivity index (χ3v) is 4.90. The minimum atomic E-state index is -1.46. The van der Waals surface area contributed by atoms with E-state index in [4.69, 9.17) is 10.2 Å². The predicted octanol–water partition coefficient (Wildman–Crippen LogP) is 0.714. The summed E-state index contributed by atoms with van der Waals surface area (Å²) in [4.78, 5) is 46.8. The summed E-state index contributed by atoms with van der Waals surface area (Å²) in [6, 6.07) is 10.3. The average molecular weight is 382 g/mol. The quantitative estimate of drug-likeness (QED) is 0.457. The molecule has 2 saturated heterocycles. The molecule has 6 N–H and O–H groups in total. The maximum Gasteiger partial charge on any atom is 0.335 e. The average Bonchev–Trinajstić information content (AvgIpc) is 3.09. The summed E-state index contributed by atoms with van der Waals surface area (Å²) in [5.41, 5.74) is -1.96. The molecule has 0 unspecified atom stereocenters. The highest BCUT2D eigenvalue weighted by Crippen LogP contribution is 2.43. The minimum absolute atomic E-state index is 0.0473. The number of urea groups is 2. The van der Waals surface area contributed by atoms with Gasteiger partial charge in [0.15, 0.2) is 11.3 Å². The van der Waals surface area contributed by atoms with Crippen molar-refractivity contribution < 1.29 is 29.4 Å². The van der Waals surface area contributed by atoms with Crippen LogP contribution in [0.3, 0.4) is 0 Å². The number of benzene rings is 2. The Kier molecular flexibility index (Phi) is 3.54. The molecule has 2 aliphatic heterocycles. The van der Waals surface area contributed by atoms with Crippen LogP contribution >= 0.6 is 0 Å². The largest absolute Gasteiger partial charge is 0.478 e. The summed E-state index contributed by atoms with van der Waals surface area (Å²) in [7, 11) is 0. The molecule has 0 aromatic heterocycles. The fourth-order valence-corrected chi connectivity index (χ4v) is 3.63. The molecular weight excluding hydrogens is 368 g/mol. The van der Waals surface area contributed by atoms with Gasteiger partial charge in [-0.3, -0.25) is 0 Å². The molecule has 4 amide bonds. The van der Waals surface area contributed by atoms with Crippen molar-refractivity contribution in [1.29, 1.82) is 0 Å². The molecule has 2 aliphatic rings. The van der Waals surface area contributed by atoms with E-state index in [1.807, 2.05) is 0 Å². The predicted molar refractivity (Wildman–Crippen MR) is 93.5 cm³/mol. The van der Waals surface area contributed by atoms with Crippen molar-refractivity contribution in [2.45, 2.75) is 11.3 Å². The van der Waals surface area contributed by atoms with Gasteiger partial charge in [-0.2, -0.15) is 0 Å². The topological polar surface area (TPSA) is 157 Å². The zero-order valence-electron chi connectivity index (χ0n) is 14.1. The second-order valence-corrected chi connectivity index (χ2v) is 6.42. The minimum Gasteiger partial charge on any atom is -0.478 e. The van der Waals surface area contributed by atoms with Gasteiger partial charge in [0.25, 0.3) is 0 Å². The Morgan fingerprint density at radius 1 is 0.607 bits per heavy atom. The van der Waals surface area contributed by atoms with E-state index < -0.39 is 35.3 Å². The Balaban J connectivity index is 1.87. The lowest BCUT2D eigenvalue weighted by atomic mass is 9.82. The third kappa shape index (κ3) is 2.28. The standard InChI is InChI=1S/C18H14N4O6/c23-13(24)9-1-5-11(6-2-9)17-18(21-15(27)19-17,22-16(28)20-17)12-7-3-10(4-8-12)14(25)26/h1-8H,(H,23,24)(H,25,26)(H2,19,21,27)(H2,20,22,28). The van der Waals surface area contributed by atoms with Crippen LogP contribution in [0.25, 0.3) is 0 Å². The highest BCUT2D eigenvalue weighted by atomic mass is 16.4. The van der Waals surface area contributed by atoms with Crippen LogP contribution < -0.4 is 21.3 Å². The van der Waals surface area contributed by atoms with E-state index in [1.54, 1.807) is 0 Å². The number of carboxylic acids is 2. The van der Waals surface area contributed by atoms with E-state index in [1.165, 1.54) is 48.5 Å². The fourth-order valence-electron chi connectivity index (χ4n) is 3.63. The van der Waals surface area contributed by atoms with Gasteiger partial charge >= 0.3 is 24.0 Å². The van der Waals surface area contributed by atoms with Gasteiger partial charge in [-0.1, -0.05) is 24.3 Å². The molecular formula is C18H14N4O6. The van der Waals surface area contributed by atoms with Crippen molar-refractivity contribution in [2.24, 2.45) is 0 Å². The number of carbonyl (C=O) groups excluding carboxylic acids is 2. The summed E-state index contributed by atoms with van der Waals surface area (Å²) in [5, 5.41) is 29.0. The molecule has 0 saturated carbocycles. The Labute approximate surface area is 157 Å². The van der Waals surface area contributed by atoms with Gasteiger partial charge < -0.3 is 31.5 Å². The number of amides is 4. The molecule has 28 heavy (non-hydrogen) atoms. The highest BCUT2D eigenvalue weighted by Gasteiger charge is 2.66. The smallest absolute Gasteiger partial charge is 0.335 e. The van der Waals surface area contributed by atoms with E-state index in [0.717, 1.165) is 0 Å². The second kappa shape index (κ2) is 5.71. The van der Waals surface area contributed by atoms with Crippen molar-refractivity contribution in [3.05, 3.63) is 70.8 Å². The molecule has 0 bridgehead atoms. The molecule has 2 aromatic carbocycles. The first-order valence-electron chi connectivity index (χ1n) is 8.16. The summed E-state index contributed by atoms with van der Waals surface area (Å²) in [6.07, 6.45) is 0. The van der Waals surface area contributed by atoms with Crippen LogP contribution in [0.4, 0.5) is 9.59 Å². The summed E-state index contributed by atoms with van der Waals surface area (Å²) >= 11 is 0. The van der Waals surface area contributed by atoms with Gasteiger partial charge in [0.1, 0.15) is 0 Å². The van der Waals surface area contributed by atoms with Crippen LogP contribution in [0.15, 0.2) is 48.5 Å². The molecule has 10 heteroatoms. The van der Waals surface area contributed by atoms with E-state index in [-0.39, 0.29) is 11.1 Å². The Bertz CT molecular complexity index is 916. The number of hydrogen-bond acceptors (Lipinski definition) is 4. The Morgan fingerprint density at radius 2 is 0.893 bits per heavy atom. The van der Waals surface area contributed by atoms with Crippen LogP contribution in [0, 0.1) is 0 Å². The highest BCUT2D eigenvalue weighted by molar-refractivity contribution is 5.91. The van der Waals surface area contributed by atoms with Crippen LogP contribution in [-0.2, 0) is 11.3 Å². The Morgan fingerprint density at radius 3 is 1.14 bits per heavy atom. The number of carboxylic acid groups (broad SMARTS) is 2. The van der Waals surface area contributed by atoms with Gasteiger partial charge in [-0.05, 0) is 24.3 Å². The number of nitrogens with one attached hydrogen (secondary N) is 4. The van der Waals surface area contributed by atoms with Crippen LogP contribution in [0.1, 0.15) is 31.8 Å². The molecule has 142 valence electrons. The number of carbonyl (C=O) groups is 4. The summed E-state index contributed by atoms with van der Waals surface area (Å²) in [6.45, 7) is 0. The third-order valence-electron chi connectivity index (χ3n) is 4.90. The lowest BCUT2D eigenvalue weighted by molar-refractivity contribution is 0.0686. The molecule has 2 fully saturated rings. The van der Waals surface area contributed by atoms with Gasteiger partial charge in [0, 0.05) is 11.1 Å². The SMILES string of the molecule is O=C1NC2(c3ccc(C(=O)O)cc3)NC(=O)NC2(c2ccc(C(=O)O)cc2)N1. The number of hydrogen-bond donors (Lipinski definition) is 6. The summed E-state index contributed by atoms with van der Waals surface area (Å²) < 4.78 is 0. The van der Waals surface area contributed by atoms with E-state index in [9.17, 15) is 19.2 Å². The monoisotopic (exact) mass is 382 g/mol. The first-order chi connectivity index (χ1) is 13.3. The van der Waals surface area contributed by atoms with Crippen LogP contribution in [0.2, 0.25) is 0 Å². The lowest BCUT2D eigenvalue weighted by Gasteiger charge is -2.37. The summed E-state index contributed by atoms with van der Waals surface area (Å²) in [5.74, 6) is -2.22. The number of fused-ring (bicyclic) bond motifs is 1. The Hall–Kier alpha value is -4.08. The lowest BCUT2D eigenvalue weighted by Crippen LogP contribution is -2.60. The zero-order chi connectivity index (χ0) is 20.1. The number of rotatable bonds is 4. The first kappa shape index (κ1) is 17.3. The van der Waals surface area contributed by atoms with Crippen molar-refractivity contribution in [3.63, 3.8) is 0 Å². The van der Waals surface area contributed by atoms with Gasteiger partial charge in [0.05, 0.1) is 11.1 Å². The molecule has 10 nitrogen and oxygen atoms in total. The van der Waals surface area contributed by atoms with Gasteiger partial charge in [0.2, 0.25) is 0 Å². The first-order valence-corrected chi connectivity index (χ1v) is 8.16. The molecule has 4 rings (SSSR count). The van der Waals surface area contributed by atoms with Crippen molar-refractivity contribution in [3.8, 4) is 0 Å². The number of aromatic carboxylic acids is 2. The molecule has 0 spiro atoms. The molecule has 0 atom stereocenters. The van der Waals surface area contributed by atoms with Gasteiger partial charge in [-0.15, -0.1) is 0 Å². The molecule has 0 aliphatic carbocycles. The second-order valence-electron chi connectivity index (χ2n) is 6.42. The van der Waals surface area contributed by atoms with Crippen LogP contribution in [-0.4, -0.2) is 34.2 Å².